The molecule has 0 saturated carbocycles. The van der Waals surface area contributed by atoms with E-state index in [0.29, 0.717) is 26.9 Å². The molecule has 0 saturated heterocycles. The molecule has 1 heterocycles. The molecular formula is C20H14Cl2N2O2. The van der Waals surface area contributed by atoms with Gasteiger partial charge in [-0.2, -0.15) is 0 Å². The molecule has 0 aliphatic rings. The third kappa shape index (κ3) is 4.28. The fraction of sp³-hybridized carbons (Fsp3) is 0.0500. The Labute approximate surface area is 160 Å². The number of carbonyl (C=O) groups excluding carboxylic acids is 2. The van der Waals surface area contributed by atoms with Crippen molar-refractivity contribution in [2.45, 2.75) is 6.54 Å². The van der Waals surface area contributed by atoms with Crippen LogP contribution in [0.3, 0.4) is 0 Å². The van der Waals surface area contributed by atoms with Crippen LogP contribution < -0.4 is 5.32 Å². The molecular weight excluding hydrogens is 371 g/mol. The number of pyridine rings is 1. The molecule has 0 fully saturated rings. The molecule has 3 aromatic rings. The Morgan fingerprint density at radius 1 is 1.04 bits per heavy atom. The van der Waals surface area contributed by atoms with E-state index in [1.807, 2.05) is 24.3 Å². The molecule has 6 heteroatoms. The van der Waals surface area contributed by atoms with E-state index in [1.165, 1.54) is 6.07 Å². The van der Waals surface area contributed by atoms with E-state index in [4.69, 9.17) is 23.2 Å². The first-order chi connectivity index (χ1) is 12.6. The van der Waals surface area contributed by atoms with Crippen LogP contribution in [0.1, 0.15) is 26.4 Å². The first kappa shape index (κ1) is 18.1. The summed E-state index contributed by atoms with van der Waals surface area (Å²) in [6.45, 7) is 0.249. The second-order valence-corrected chi connectivity index (χ2v) is 6.43. The molecule has 4 nitrogen and oxygen atoms in total. The SMILES string of the molecule is O=Cc1cccc(-c2ccnc(CNC(=O)c3ccc(Cl)cc3Cl)c2)c1. The fourth-order valence-corrected chi connectivity index (χ4v) is 2.98. The minimum Gasteiger partial charge on any atom is -0.346 e. The number of aromatic nitrogens is 1. The summed E-state index contributed by atoms with van der Waals surface area (Å²) in [5.74, 6) is -0.304. The summed E-state index contributed by atoms with van der Waals surface area (Å²) in [5.41, 5.74) is 3.47. The van der Waals surface area contributed by atoms with Gasteiger partial charge in [0, 0.05) is 16.8 Å². The number of benzene rings is 2. The van der Waals surface area contributed by atoms with Gasteiger partial charge in [-0.3, -0.25) is 14.6 Å². The van der Waals surface area contributed by atoms with Crippen molar-refractivity contribution >= 4 is 35.4 Å². The van der Waals surface area contributed by atoms with E-state index in [9.17, 15) is 9.59 Å². The quantitative estimate of drug-likeness (QED) is 0.642. The molecule has 0 aliphatic heterocycles. The van der Waals surface area contributed by atoms with Crippen molar-refractivity contribution in [3.05, 3.63) is 87.7 Å². The highest BCUT2D eigenvalue weighted by molar-refractivity contribution is 6.36. The van der Waals surface area contributed by atoms with Gasteiger partial charge < -0.3 is 5.32 Å². The van der Waals surface area contributed by atoms with Crippen LogP contribution in [0.15, 0.2) is 60.8 Å². The number of hydrogen-bond donors (Lipinski definition) is 1. The summed E-state index contributed by atoms with van der Waals surface area (Å²) in [6.07, 6.45) is 2.47. The lowest BCUT2D eigenvalue weighted by molar-refractivity contribution is 0.0950. The fourth-order valence-electron chi connectivity index (χ4n) is 2.49. The van der Waals surface area contributed by atoms with Gasteiger partial charge in [0.05, 0.1) is 22.8 Å². The summed E-state index contributed by atoms with van der Waals surface area (Å²) >= 11 is 11.9. The largest absolute Gasteiger partial charge is 0.346 e. The maximum Gasteiger partial charge on any atom is 0.253 e. The van der Waals surface area contributed by atoms with Gasteiger partial charge in [-0.1, -0.05) is 41.4 Å². The number of nitrogens with zero attached hydrogens (tertiary/aromatic N) is 1. The van der Waals surface area contributed by atoms with Gasteiger partial charge in [-0.25, -0.2) is 0 Å². The summed E-state index contributed by atoms with van der Waals surface area (Å²) in [4.78, 5) is 27.5. The van der Waals surface area contributed by atoms with Crippen molar-refractivity contribution in [2.75, 3.05) is 0 Å². The average molecular weight is 385 g/mol. The monoisotopic (exact) mass is 384 g/mol. The van der Waals surface area contributed by atoms with Crippen LogP contribution in [0.25, 0.3) is 11.1 Å². The van der Waals surface area contributed by atoms with Crippen LogP contribution >= 0.6 is 23.2 Å². The van der Waals surface area contributed by atoms with Crippen molar-refractivity contribution < 1.29 is 9.59 Å². The van der Waals surface area contributed by atoms with Crippen molar-refractivity contribution in [1.82, 2.24) is 10.3 Å². The Balaban J connectivity index is 1.74. The molecule has 0 atom stereocenters. The molecule has 0 radical (unpaired) electrons. The molecule has 26 heavy (non-hydrogen) atoms. The summed E-state index contributed by atoms with van der Waals surface area (Å²) in [7, 11) is 0. The second kappa shape index (κ2) is 8.13. The van der Waals surface area contributed by atoms with Gasteiger partial charge in [0.1, 0.15) is 6.29 Å². The number of aldehydes is 1. The third-order valence-electron chi connectivity index (χ3n) is 3.78. The van der Waals surface area contributed by atoms with Gasteiger partial charge in [-0.15, -0.1) is 0 Å². The zero-order chi connectivity index (χ0) is 18.5. The lowest BCUT2D eigenvalue weighted by Crippen LogP contribution is -2.23. The van der Waals surface area contributed by atoms with E-state index in [-0.39, 0.29) is 12.5 Å². The van der Waals surface area contributed by atoms with Gasteiger partial charge in [0.2, 0.25) is 0 Å². The summed E-state index contributed by atoms with van der Waals surface area (Å²) in [6, 6.07) is 15.7. The van der Waals surface area contributed by atoms with Crippen molar-refractivity contribution in [3.63, 3.8) is 0 Å². The molecule has 2 aromatic carbocycles. The third-order valence-corrected chi connectivity index (χ3v) is 4.33. The average Bonchev–Trinajstić information content (AvgIpc) is 2.66. The van der Waals surface area contributed by atoms with E-state index >= 15 is 0 Å². The number of amides is 1. The maximum atomic E-state index is 12.3. The predicted molar refractivity (Wildman–Crippen MR) is 103 cm³/mol. The van der Waals surface area contributed by atoms with Gasteiger partial charge in [0.15, 0.2) is 0 Å². The van der Waals surface area contributed by atoms with Crippen LogP contribution in [0.5, 0.6) is 0 Å². The summed E-state index contributed by atoms with van der Waals surface area (Å²) < 4.78 is 0. The Kier molecular flexibility index (Phi) is 5.66. The van der Waals surface area contributed by atoms with Crippen LogP contribution in [-0.4, -0.2) is 17.2 Å². The highest BCUT2D eigenvalue weighted by atomic mass is 35.5. The van der Waals surface area contributed by atoms with Gasteiger partial charge in [0.25, 0.3) is 5.91 Å². The standard InChI is InChI=1S/C20H14Cl2N2O2/c21-16-4-5-18(19(22)10-16)20(26)24-11-17-9-15(6-7-23-17)14-3-1-2-13(8-14)12-25/h1-10,12H,11H2,(H,24,26). The zero-order valence-electron chi connectivity index (χ0n) is 13.6. The highest BCUT2D eigenvalue weighted by Crippen LogP contribution is 2.22. The maximum absolute atomic E-state index is 12.3. The zero-order valence-corrected chi connectivity index (χ0v) is 15.1. The molecule has 0 unspecified atom stereocenters. The van der Waals surface area contributed by atoms with E-state index in [2.05, 4.69) is 10.3 Å². The number of rotatable bonds is 5. The lowest BCUT2D eigenvalue weighted by atomic mass is 10.0. The predicted octanol–water partition coefficient (Wildman–Crippen LogP) is 4.80. The van der Waals surface area contributed by atoms with Crippen LogP contribution in [-0.2, 0) is 6.54 Å². The minimum absolute atomic E-state index is 0.249. The van der Waals surface area contributed by atoms with Crippen molar-refractivity contribution in [2.24, 2.45) is 0 Å². The molecule has 130 valence electrons. The van der Waals surface area contributed by atoms with E-state index in [1.54, 1.807) is 30.5 Å². The topological polar surface area (TPSA) is 59.1 Å². The van der Waals surface area contributed by atoms with Crippen molar-refractivity contribution in [1.29, 1.82) is 0 Å². The van der Waals surface area contributed by atoms with Crippen LogP contribution in [0.2, 0.25) is 10.0 Å². The number of hydrogen-bond acceptors (Lipinski definition) is 3. The minimum atomic E-state index is -0.304. The number of halogens is 2. The van der Waals surface area contributed by atoms with Crippen LogP contribution in [0, 0.1) is 0 Å². The Hall–Kier alpha value is -2.69. The van der Waals surface area contributed by atoms with E-state index < -0.39 is 0 Å². The first-order valence-corrected chi connectivity index (χ1v) is 8.56. The number of nitrogens with one attached hydrogen (secondary N) is 1. The number of carbonyl (C=O) groups is 2. The van der Waals surface area contributed by atoms with Gasteiger partial charge >= 0.3 is 0 Å². The molecule has 3 rings (SSSR count). The molecule has 0 spiro atoms. The normalized spacial score (nSPS) is 10.4. The summed E-state index contributed by atoms with van der Waals surface area (Å²) in [5, 5.41) is 3.56. The lowest BCUT2D eigenvalue weighted by Gasteiger charge is -2.08. The molecule has 0 bridgehead atoms. The Morgan fingerprint density at radius 3 is 2.62 bits per heavy atom. The van der Waals surface area contributed by atoms with E-state index in [0.717, 1.165) is 17.4 Å². The van der Waals surface area contributed by atoms with Crippen LogP contribution in [0.4, 0.5) is 0 Å². The van der Waals surface area contributed by atoms with Gasteiger partial charge in [-0.05, 0) is 47.5 Å². The molecule has 1 aromatic heterocycles. The Bertz CT molecular complexity index is 974. The molecule has 1 amide bonds. The smallest absolute Gasteiger partial charge is 0.253 e. The molecule has 1 N–H and O–H groups in total. The van der Waals surface area contributed by atoms with Crippen molar-refractivity contribution in [3.8, 4) is 11.1 Å². The highest BCUT2D eigenvalue weighted by Gasteiger charge is 2.11. The molecule has 0 aliphatic carbocycles. The first-order valence-electron chi connectivity index (χ1n) is 7.80. The second-order valence-electron chi connectivity index (χ2n) is 5.59. The Morgan fingerprint density at radius 2 is 1.85 bits per heavy atom.